The summed E-state index contributed by atoms with van der Waals surface area (Å²) in [6.45, 7) is 2.99. The van der Waals surface area contributed by atoms with Gasteiger partial charge in [-0.15, -0.1) is 0 Å². The average Bonchev–Trinajstić information content (AvgIpc) is 3.06. The van der Waals surface area contributed by atoms with Crippen LogP contribution >= 0.6 is 0 Å². The van der Waals surface area contributed by atoms with E-state index in [2.05, 4.69) is 15.6 Å². The highest BCUT2D eigenvalue weighted by Crippen LogP contribution is 2.19. The molecule has 2 aromatic rings. The fourth-order valence-corrected chi connectivity index (χ4v) is 2.54. The lowest BCUT2D eigenvalue weighted by atomic mass is 10.2. The van der Waals surface area contributed by atoms with Crippen LogP contribution in [0, 0.1) is 0 Å². The van der Waals surface area contributed by atoms with Crippen LogP contribution in [0.25, 0.3) is 0 Å². The van der Waals surface area contributed by atoms with Crippen molar-refractivity contribution in [2.75, 3.05) is 18.4 Å². The summed E-state index contributed by atoms with van der Waals surface area (Å²) in [4.78, 5) is 29.3. The quantitative estimate of drug-likeness (QED) is 0.840. The van der Waals surface area contributed by atoms with Crippen molar-refractivity contribution in [1.29, 1.82) is 0 Å². The minimum atomic E-state index is -0.519. The topological polar surface area (TPSA) is 83.6 Å². The van der Waals surface area contributed by atoms with Crippen molar-refractivity contribution in [2.24, 2.45) is 0 Å². The molecule has 1 aromatic heterocycles. The number of anilines is 1. The van der Waals surface area contributed by atoms with Crippen LogP contribution in [-0.4, -0.2) is 41.0 Å². The van der Waals surface area contributed by atoms with Crippen molar-refractivity contribution in [3.05, 3.63) is 54.4 Å². The number of carbonyl (C=O) groups excluding carboxylic acids is 2. The number of amides is 3. The molecule has 1 aliphatic heterocycles. The van der Waals surface area contributed by atoms with Gasteiger partial charge in [-0.3, -0.25) is 14.7 Å². The summed E-state index contributed by atoms with van der Waals surface area (Å²) in [6.07, 6.45) is 1.72. The minimum absolute atomic E-state index is 0.255. The van der Waals surface area contributed by atoms with Crippen molar-refractivity contribution < 1.29 is 14.3 Å². The Kier molecular flexibility index (Phi) is 5.13. The van der Waals surface area contributed by atoms with E-state index in [9.17, 15) is 9.59 Å². The Bertz CT molecular complexity index is 751. The molecule has 3 rings (SSSR count). The van der Waals surface area contributed by atoms with Gasteiger partial charge < -0.3 is 15.4 Å². The number of hydrogen-bond acceptors (Lipinski definition) is 5. The second kappa shape index (κ2) is 7.65. The number of benzene rings is 1. The Morgan fingerprint density at radius 2 is 2.24 bits per heavy atom. The van der Waals surface area contributed by atoms with Crippen LogP contribution in [0.3, 0.4) is 0 Å². The van der Waals surface area contributed by atoms with E-state index < -0.39 is 6.04 Å². The van der Waals surface area contributed by atoms with E-state index in [1.54, 1.807) is 13.1 Å². The third kappa shape index (κ3) is 4.26. The Morgan fingerprint density at radius 3 is 2.96 bits per heavy atom. The smallest absolute Gasteiger partial charge is 0.324 e. The summed E-state index contributed by atoms with van der Waals surface area (Å²) in [5.74, 6) is 0.420. The minimum Gasteiger partial charge on any atom is -0.487 e. The van der Waals surface area contributed by atoms with Gasteiger partial charge in [0, 0.05) is 31.0 Å². The number of carbonyl (C=O) groups is 2. The maximum atomic E-state index is 12.3. The van der Waals surface area contributed by atoms with Crippen LogP contribution < -0.4 is 15.4 Å². The summed E-state index contributed by atoms with van der Waals surface area (Å²) in [6, 6.07) is 12.1. The first-order chi connectivity index (χ1) is 12.1. The van der Waals surface area contributed by atoms with E-state index in [-0.39, 0.29) is 11.9 Å². The standard InChI is InChI=1S/C18H20N4O3/c1-13(17(23)22-10-9-20-18(22)24)21-14-6-4-7-16(11-14)25-12-15-5-2-3-8-19-15/h2-8,11,13,21H,9-10,12H2,1H3,(H,20,24). The molecule has 3 amide bonds. The normalized spacial score (nSPS) is 14.8. The Morgan fingerprint density at radius 1 is 1.36 bits per heavy atom. The van der Waals surface area contributed by atoms with E-state index in [1.807, 2.05) is 42.5 Å². The lowest BCUT2D eigenvalue weighted by molar-refractivity contribution is -0.128. The zero-order valence-corrected chi connectivity index (χ0v) is 13.9. The van der Waals surface area contributed by atoms with E-state index in [0.717, 1.165) is 11.4 Å². The van der Waals surface area contributed by atoms with Gasteiger partial charge in [0.25, 0.3) is 5.91 Å². The van der Waals surface area contributed by atoms with Gasteiger partial charge in [-0.05, 0) is 31.2 Å². The van der Waals surface area contributed by atoms with Gasteiger partial charge >= 0.3 is 6.03 Å². The molecule has 7 nitrogen and oxygen atoms in total. The SMILES string of the molecule is CC(Nc1cccc(OCc2ccccn2)c1)C(=O)N1CCNC1=O. The van der Waals surface area contributed by atoms with E-state index in [1.165, 1.54) is 4.90 Å². The van der Waals surface area contributed by atoms with Gasteiger partial charge in [0.2, 0.25) is 0 Å². The van der Waals surface area contributed by atoms with Crippen LogP contribution in [0.15, 0.2) is 48.7 Å². The summed E-state index contributed by atoms with van der Waals surface area (Å²) in [7, 11) is 0. The molecular formula is C18H20N4O3. The third-order valence-corrected chi connectivity index (χ3v) is 3.82. The first-order valence-electron chi connectivity index (χ1n) is 8.12. The van der Waals surface area contributed by atoms with Gasteiger partial charge in [0.1, 0.15) is 18.4 Å². The molecule has 1 saturated heterocycles. The van der Waals surface area contributed by atoms with Crippen LogP contribution in [0.2, 0.25) is 0 Å². The summed E-state index contributed by atoms with van der Waals surface area (Å²) >= 11 is 0. The Balaban J connectivity index is 1.59. The second-order valence-corrected chi connectivity index (χ2v) is 5.73. The van der Waals surface area contributed by atoms with Gasteiger partial charge in [0.15, 0.2) is 0 Å². The van der Waals surface area contributed by atoms with Crippen molar-refractivity contribution >= 4 is 17.6 Å². The molecule has 1 aliphatic rings. The molecule has 1 unspecified atom stereocenters. The second-order valence-electron chi connectivity index (χ2n) is 5.73. The van der Waals surface area contributed by atoms with Gasteiger partial charge in [0.05, 0.1) is 5.69 Å². The third-order valence-electron chi connectivity index (χ3n) is 3.82. The summed E-state index contributed by atoms with van der Waals surface area (Å²) in [5.41, 5.74) is 1.59. The molecule has 2 heterocycles. The molecule has 0 saturated carbocycles. The summed E-state index contributed by atoms with van der Waals surface area (Å²) in [5, 5.41) is 5.73. The van der Waals surface area contributed by atoms with Crippen molar-refractivity contribution in [3.63, 3.8) is 0 Å². The zero-order chi connectivity index (χ0) is 17.6. The number of rotatable bonds is 6. The number of pyridine rings is 1. The molecule has 25 heavy (non-hydrogen) atoms. The van der Waals surface area contributed by atoms with Gasteiger partial charge in [-0.25, -0.2) is 4.79 Å². The molecule has 0 aliphatic carbocycles. The van der Waals surface area contributed by atoms with Crippen LogP contribution in [0.4, 0.5) is 10.5 Å². The molecule has 130 valence electrons. The fraction of sp³-hybridized carbons (Fsp3) is 0.278. The number of urea groups is 1. The Hall–Kier alpha value is -3.09. The van der Waals surface area contributed by atoms with Crippen LogP contribution in [-0.2, 0) is 11.4 Å². The molecule has 1 atom stereocenters. The number of ether oxygens (including phenoxy) is 1. The fourth-order valence-electron chi connectivity index (χ4n) is 2.54. The predicted molar refractivity (Wildman–Crippen MR) is 93.2 cm³/mol. The molecule has 2 N–H and O–H groups in total. The van der Waals surface area contributed by atoms with Crippen LogP contribution in [0.1, 0.15) is 12.6 Å². The van der Waals surface area contributed by atoms with Gasteiger partial charge in [-0.2, -0.15) is 0 Å². The summed E-state index contributed by atoms with van der Waals surface area (Å²) < 4.78 is 5.73. The number of aromatic nitrogens is 1. The largest absolute Gasteiger partial charge is 0.487 e. The Labute approximate surface area is 146 Å². The monoisotopic (exact) mass is 340 g/mol. The number of hydrogen-bond donors (Lipinski definition) is 2. The maximum absolute atomic E-state index is 12.3. The lowest BCUT2D eigenvalue weighted by Crippen LogP contribution is -2.43. The highest BCUT2D eigenvalue weighted by atomic mass is 16.5. The molecule has 0 radical (unpaired) electrons. The first-order valence-corrected chi connectivity index (χ1v) is 8.12. The predicted octanol–water partition coefficient (Wildman–Crippen LogP) is 2.01. The highest BCUT2D eigenvalue weighted by Gasteiger charge is 2.29. The number of nitrogens with one attached hydrogen (secondary N) is 2. The molecule has 0 bridgehead atoms. The van der Waals surface area contributed by atoms with Crippen LogP contribution in [0.5, 0.6) is 5.75 Å². The first kappa shape index (κ1) is 16.8. The lowest BCUT2D eigenvalue weighted by Gasteiger charge is -2.20. The zero-order valence-electron chi connectivity index (χ0n) is 13.9. The molecule has 1 aromatic carbocycles. The van der Waals surface area contributed by atoms with Crippen molar-refractivity contribution in [3.8, 4) is 5.75 Å². The molecule has 1 fully saturated rings. The van der Waals surface area contributed by atoms with E-state index in [4.69, 9.17) is 4.74 Å². The number of nitrogens with zero attached hydrogens (tertiary/aromatic N) is 2. The van der Waals surface area contributed by atoms with Crippen molar-refractivity contribution in [1.82, 2.24) is 15.2 Å². The van der Waals surface area contributed by atoms with E-state index in [0.29, 0.717) is 25.4 Å². The highest BCUT2D eigenvalue weighted by molar-refractivity contribution is 5.99. The van der Waals surface area contributed by atoms with Crippen molar-refractivity contribution in [2.45, 2.75) is 19.6 Å². The average molecular weight is 340 g/mol. The maximum Gasteiger partial charge on any atom is 0.324 e. The van der Waals surface area contributed by atoms with Gasteiger partial charge in [-0.1, -0.05) is 12.1 Å². The molecular weight excluding hydrogens is 320 g/mol. The number of imide groups is 1. The van der Waals surface area contributed by atoms with E-state index >= 15 is 0 Å². The molecule has 0 spiro atoms. The molecule has 7 heteroatoms.